The molecule has 1 rings (SSSR count). The van der Waals surface area contributed by atoms with Gasteiger partial charge in [0, 0.05) is 0 Å². The molecule has 1 atom stereocenters. The maximum Gasteiger partial charge on any atom is 0.491 e. The van der Waals surface area contributed by atoms with Crippen LogP contribution in [-0.2, 0) is 20.7 Å². The molecule has 0 aliphatic rings. The van der Waals surface area contributed by atoms with Crippen LogP contribution in [-0.4, -0.2) is 30.8 Å². The lowest BCUT2D eigenvalue weighted by Gasteiger charge is -2.12. The van der Waals surface area contributed by atoms with Crippen LogP contribution in [0.15, 0.2) is 24.3 Å². The van der Waals surface area contributed by atoms with Gasteiger partial charge in [-0.15, -0.1) is 5.92 Å². The number of esters is 2. The van der Waals surface area contributed by atoms with Crippen molar-refractivity contribution in [2.45, 2.75) is 25.6 Å². The summed E-state index contributed by atoms with van der Waals surface area (Å²) in [5.74, 6) is 1.89. The van der Waals surface area contributed by atoms with Crippen molar-refractivity contribution < 1.29 is 32.2 Å². The minimum absolute atomic E-state index is 0.0843. The molecule has 0 spiro atoms. The van der Waals surface area contributed by atoms with Gasteiger partial charge in [-0.05, 0) is 31.0 Å². The van der Waals surface area contributed by atoms with Gasteiger partial charge in [-0.25, -0.2) is 9.59 Å². The Bertz CT molecular complexity index is 614. The van der Waals surface area contributed by atoms with Crippen LogP contribution in [0.25, 0.3) is 0 Å². The smallest absolute Gasteiger partial charge is 0.481 e. The summed E-state index contributed by atoms with van der Waals surface area (Å²) in [5, 5.41) is 0. The minimum atomic E-state index is -5.24. The van der Waals surface area contributed by atoms with E-state index >= 15 is 0 Å². The summed E-state index contributed by atoms with van der Waals surface area (Å²) in [7, 11) is 0. The highest BCUT2D eigenvalue weighted by Gasteiger charge is 2.43. The van der Waals surface area contributed by atoms with Crippen molar-refractivity contribution in [1.82, 2.24) is 0 Å². The first-order valence-electron chi connectivity index (χ1n) is 6.43. The van der Waals surface area contributed by atoms with Gasteiger partial charge in [0.15, 0.2) is 0 Å². The third kappa shape index (κ3) is 6.40. The average molecular weight is 329 g/mol. The van der Waals surface area contributed by atoms with Gasteiger partial charge in [-0.3, -0.25) is 0 Å². The second-order valence-electron chi connectivity index (χ2n) is 4.38. The van der Waals surface area contributed by atoms with Gasteiger partial charge < -0.3 is 15.2 Å². The van der Waals surface area contributed by atoms with E-state index in [-0.39, 0.29) is 13.0 Å². The van der Waals surface area contributed by atoms with Crippen LogP contribution in [0.4, 0.5) is 13.2 Å². The van der Waals surface area contributed by atoms with Crippen molar-refractivity contribution in [2.24, 2.45) is 5.73 Å². The Hall–Kier alpha value is -2.53. The fourth-order valence-corrected chi connectivity index (χ4v) is 1.48. The highest BCUT2D eigenvalue weighted by Crippen LogP contribution is 2.17. The molecule has 0 aromatic heterocycles. The van der Waals surface area contributed by atoms with Crippen molar-refractivity contribution >= 4 is 11.9 Å². The Morgan fingerprint density at radius 1 is 1.26 bits per heavy atom. The first-order valence-corrected chi connectivity index (χ1v) is 6.43. The van der Waals surface area contributed by atoms with Crippen molar-refractivity contribution in [3.8, 4) is 17.6 Å². The van der Waals surface area contributed by atoms with Gasteiger partial charge in [0.25, 0.3) is 0 Å². The number of carbonyl (C=O) groups excluding carboxylic acids is 2. The fraction of sp³-hybridized carbons (Fsp3) is 0.333. The van der Waals surface area contributed by atoms with Crippen LogP contribution >= 0.6 is 0 Å². The number of halogens is 3. The molecule has 0 amide bonds. The topological polar surface area (TPSA) is 78.6 Å². The van der Waals surface area contributed by atoms with Crippen LogP contribution in [0.5, 0.6) is 5.75 Å². The van der Waals surface area contributed by atoms with Crippen molar-refractivity contribution in [3.05, 3.63) is 29.8 Å². The highest BCUT2D eigenvalue weighted by atomic mass is 19.4. The molecule has 0 aliphatic carbocycles. The van der Waals surface area contributed by atoms with Crippen molar-refractivity contribution in [1.29, 1.82) is 0 Å². The molecule has 0 saturated heterocycles. The maximum absolute atomic E-state index is 12.0. The van der Waals surface area contributed by atoms with Crippen LogP contribution in [0.1, 0.15) is 12.5 Å². The van der Waals surface area contributed by atoms with E-state index in [1.807, 2.05) is 0 Å². The molecule has 1 aromatic carbocycles. The number of hydrogen-bond acceptors (Lipinski definition) is 5. The molecule has 124 valence electrons. The van der Waals surface area contributed by atoms with E-state index in [9.17, 15) is 22.8 Å². The second kappa shape index (κ2) is 8.19. The monoisotopic (exact) mass is 329 g/mol. The first kappa shape index (κ1) is 18.5. The fourth-order valence-electron chi connectivity index (χ4n) is 1.48. The van der Waals surface area contributed by atoms with Gasteiger partial charge in [-0.2, -0.15) is 13.2 Å². The quantitative estimate of drug-likeness (QED) is 0.504. The Morgan fingerprint density at radius 3 is 2.39 bits per heavy atom. The molecule has 0 bridgehead atoms. The van der Waals surface area contributed by atoms with Gasteiger partial charge in [-0.1, -0.05) is 18.1 Å². The van der Waals surface area contributed by atoms with Crippen LogP contribution in [0.2, 0.25) is 0 Å². The molecule has 23 heavy (non-hydrogen) atoms. The predicted molar refractivity (Wildman–Crippen MR) is 74.2 cm³/mol. The van der Waals surface area contributed by atoms with E-state index < -0.39 is 24.2 Å². The van der Waals surface area contributed by atoms with Crippen molar-refractivity contribution in [3.63, 3.8) is 0 Å². The SMILES string of the molecule is CC#CCOc1ccc(C[C@H](N)C(=O)OC(=O)C(F)(F)F)cc1. The third-order valence-electron chi connectivity index (χ3n) is 2.59. The summed E-state index contributed by atoms with van der Waals surface area (Å²) in [6.07, 6.45) is -5.32. The largest absolute Gasteiger partial charge is 0.491 e. The maximum atomic E-state index is 12.0. The molecule has 0 unspecified atom stereocenters. The number of carbonyl (C=O) groups is 2. The van der Waals surface area contributed by atoms with E-state index in [0.717, 1.165) is 0 Å². The summed E-state index contributed by atoms with van der Waals surface area (Å²) in [5.41, 5.74) is 6.01. The van der Waals surface area contributed by atoms with Crippen LogP contribution in [0.3, 0.4) is 0 Å². The van der Waals surface area contributed by atoms with Gasteiger partial charge in [0.05, 0.1) is 0 Å². The average Bonchev–Trinajstić information content (AvgIpc) is 2.48. The standard InChI is InChI=1S/C15H14F3NO4/c1-2-3-8-22-11-6-4-10(5-7-11)9-12(19)13(20)23-14(21)15(16,17)18/h4-7,12H,8-9,19H2,1H3/t12-/m0/s1. The van der Waals surface area contributed by atoms with E-state index in [1.54, 1.807) is 31.2 Å². The molecule has 0 heterocycles. The van der Waals surface area contributed by atoms with Gasteiger partial charge >= 0.3 is 18.1 Å². The lowest BCUT2D eigenvalue weighted by molar-refractivity contribution is -0.202. The summed E-state index contributed by atoms with van der Waals surface area (Å²) in [4.78, 5) is 21.9. The predicted octanol–water partition coefficient (Wildman–Crippen LogP) is 1.59. The zero-order valence-corrected chi connectivity index (χ0v) is 12.1. The van der Waals surface area contributed by atoms with E-state index in [1.165, 1.54) is 0 Å². The number of ether oxygens (including phenoxy) is 2. The molecule has 8 heteroatoms. The molecule has 0 aliphatic heterocycles. The summed E-state index contributed by atoms with van der Waals surface area (Å²) in [6.45, 7) is 1.90. The zero-order chi connectivity index (χ0) is 17.5. The molecule has 2 N–H and O–H groups in total. The number of hydrogen-bond donors (Lipinski definition) is 1. The number of alkyl halides is 3. The van der Waals surface area contributed by atoms with Gasteiger partial charge in [0.2, 0.25) is 0 Å². The Morgan fingerprint density at radius 2 is 1.87 bits per heavy atom. The van der Waals surface area contributed by atoms with E-state index in [0.29, 0.717) is 11.3 Å². The Labute approximate surface area is 130 Å². The lowest BCUT2D eigenvalue weighted by atomic mass is 10.1. The zero-order valence-electron chi connectivity index (χ0n) is 12.1. The number of benzene rings is 1. The van der Waals surface area contributed by atoms with Crippen molar-refractivity contribution in [2.75, 3.05) is 6.61 Å². The Balaban J connectivity index is 2.56. The Kier molecular flexibility index (Phi) is 6.60. The van der Waals surface area contributed by atoms with Crippen LogP contribution < -0.4 is 10.5 Å². The molecule has 0 fully saturated rings. The van der Waals surface area contributed by atoms with E-state index in [4.69, 9.17) is 10.5 Å². The number of nitrogens with two attached hydrogens (primary N) is 1. The molecule has 0 radical (unpaired) electrons. The van der Waals surface area contributed by atoms with E-state index in [2.05, 4.69) is 16.6 Å². The molecule has 1 aromatic rings. The van der Waals surface area contributed by atoms with Crippen LogP contribution in [0, 0.1) is 11.8 Å². The summed E-state index contributed by atoms with van der Waals surface area (Å²) in [6, 6.07) is 5.00. The number of rotatable bonds is 5. The third-order valence-corrected chi connectivity index (χ3v) is 2.59. The van der Waals surface area contributed by atoms with Gasteiger partial charge in [0.1, 0.15) is 18.4 Å². The summed E-state index contributed by atoms with van der Waals surface area (Å²) >= 11 is 0. The molecule has 5 nitrogen and oxygen atoms in total. The highest BCUT2D eigenvalue weighted by molar-refractivity contribution is 5.90. The summed E-state index contributed by atoms with van der Waals surface area (Å²) < 4.78 is 44.9. The normalized spacial score (nSPS) is 11.9. The lowest BCUT2D eigenvalue weighted by Crippen LogP contribution is -2.38. The molecular weight excluding hydrogens is 315 g/mol. The second-order valence-corrected chi connectivity index (χ2v) is 4.38. The molecule has 0 saturated carbocycles. The first-order chi connectivity index (χ1) is 10.7. The minimum Gasteiger partial charge on any atom is -0.481 e. The molecular formula is C15H14F3NO4.